The van der Waals surface area contributed by atoms with Crippen LogP contribution in [0.4, 0.5) is 10.8 Å². The highest BCUT2D eigenvalue weighted by molar-refractivity contribution is 7.14. The number of hydrogen-bond donors (Lipinski definition) is 1. The van der Waals surface area contributed by atoms with Gasteiger partial charge in [0.1, 0.15) is 22.9 Å². The van der Waals surface area contributed by atoms with Crippen LogP contribution in [0.15, 0.2) is 72.2 Å². The maximum atomic E-state index is 12.5. The quantitative estimate of drug-likeness (QED) is 0.297. The summed E-state index contributed by atoms with van der Waals surface area (Å²) < 4.78 is 16.1. The Morgan fingerprint density at radius 3 is 2.66 bits per heavy atom. The van der Waals surface area contributed by atoms with Crippen molar-refractivity contribution in [1.82, 2.24) is 9.97 Å². The average Bonchev–Trinajstić information content (AvgIpc) is 3.28. The topological polar surface area (TPSA) is 82.6 Å². The molecule has 8 heteroatoms. The molecule has 0 saturated carbocycles. The zero-order chi connectivity index (χ0) is 22.3. The number of ether oxygens (including phenoxy) is 3. The fourth-order valence-corrected chi connectivity index (χ4v) is 3.77. The van der Waals surface area contributed by atoms with Crippen molar-refractivity contribution in [2.75, 3.05) is 19.5 Å². The summed E-state index contributed by atoms with van der Waals surface area (Å²) in [6.07, 6.45) is 1.81. The van der Waals surface area contributed by atoms with E-state index in [1.165, 1.54) is 11.3 Å². The first kappa shape index (κ1) is 21.3. The van der Waals surface area contributed by atoms with Gasteiger partial charge in [-0.05, 0) is 30.3 Å². The summed E-state index contributed by atoms with van der Waals surface area (Å²) in [5, 5.41) is 5.90. The van der Waals surface area contributed by atoms with Gasteiger partial charge >= 0.3 is 5.97 Å². The fourth-order valence-electron chi connectivity index (χ4n) is 3.04. The van der Waals surface area contributed by atoms with Gasteiger partial charge in [-0.15, -0.1) is 11.3 Å². The normalized spacial score (nSPS) is 10.4. The Morgan fingerprint density at radius 1 is 0.969 bits per heavy atom. The molecule has 0 spiro atoms. The van der Waals surface area contributed by atoms with E-state index in [2.05, 4.69) is 15.3 Å². The predicted octanol–water partition coefficient (Wildman–Crippen LogP) is 5.11. The van der Waals surface area contributed by atoms with Crippen molar-refractivity contribution in [3.8, 4) is 28.6 Å². The van der Waals surface area contributed by atoms with Crippen LogP contribution >= 0.6 is 11.3 Å². The van der Waals surface area contributed by atoms with Gasteiger partial charge in [-0.3, -0.25) is 9.78 Å². The third-order valence-electron chi connectivity index (χ3n) is 4.58. The molecule has 0 aliphatic rings. The SMILES string of the molecule is COc1ccc(CC(=O)Oc2cccc(Nc3nc(-c4ccccn4)cs3)c2)c(OC)c1. The minimum Gasteiger partial charge on any atom is -0.497 e. The van der Waals surface area contributed by atoms with Crippen LogP contribution in [0.3, 0.4) is 0 Å². The molecule has 1 N–H and O–H groups in total. The van der Waals surface area contributed by atoms with Gasteiger partial charge in [0.25, 0.3) is 0 Å². The molecule has 0 aliphatic heterocycles. The van der Waals surface area contributed by atoms with Crippen LogP contribution in [-0.2, 0) is 11.2 Å². The highest BCUT2D eigenvalue weighted by atomic mass is 32.1. The molecule has 2 heterocycles. The molecule has 2 aromatic heterocycles. The summed E-state index contributed by atoms with van der Waals surface area (Å²) in [7, 11) is 3.13. The number of pyridine rings is 1. The molecule has 0 amide bonds. The van der Waals surface area contributed by atoms with Crippen molar-refractivity contribution < 1.29 is 19.0 Å². The first-order chi connectivity index (χ1) is 15.6. The van der Waals surface area contributed by atoms with E-state index in [9.17, 15) is 4.79 Å². The van der Waals surface area contributed by atoms with Crippen LogP contribution in [0.5, 0.6) is 17.2 Å². The zero-order valence-corrected chi connectivity index (χ0v) is 18.4. The number of nitrogens with one attached hydrogen (secondary N) is 1. The summed E-state index contributed by atoms with van der Waals surface area (Å²) in [6, 6.07) is 18.2. The number of aromatic nitrogens is 2. The van der Waals surface area contributed by atoms with Gasteiger partial charge in [0.15, 0.2) is 5.13 Å². The van der Waals surface area contributed by atoms with Gasteiger partial charge in [0, 0.05) is 35.0 Å². The minimum absolute atomic E-state index is 0.0741. The van der Waals surface area contributed by atoms with Crippen LogP contribution in [0.25, 0.3) is 11.4 Å². The van der Waals surface area contributed by atoms with Crippen LogP contribution < -0.4 is 19.5 Å². The van der Waals surface area contributed by atoms with Crippen molar-refractivity contribution in [3.05, 3.63) is 77.8 Å². The second kappa shape index (κ2) is 9.93. The van der Waals surface area contributed by atoms with Crippen molar-refractivity contribution in [2.24, 2.45) is 0 Å². The first-order valence-corrected chi connectivity index (χ1v) is 10.7. The second-order valence-electron chi connectivity index (χ2n) is 6.73. The smallest absolute Gasteiger partial charge is 0.315 e. The number of esters is 1. The third kappa shape index (κ3) is 5.22. The van der Waals surface area contributed by atoms with Crippen LogP contribution in [-0.4, -0.2) is 30.2 Å². The number of carbonyl (C=O) groups excluding carboxylic acids is 1. The molecule has 0 bridgehead atoms. The van der Waals surface area contributed by atoms with E-state index in [1.54, 1.807) is 50.7 Å². The Labute approximate surface area is 189 Å². The van der Waals surface area contributed by atoms with E-state index in [4.69, 9.17) is 14.2 Å². The Bertz CT molecular complexity index is 1210. The number of nitrogens with zero attached hydrogens (tertiary/aromatic N) is 2. The van der Waals surface area contributed by atoms with Gasteiger partial charge in [-0.2, -0.15) is 0 Å². The summed E-state index contributed by atoms with van der Waals surface area (Å²) in [5.74, 6) is 1.28. The molecule has 4 rings (SSSR count). The molecule has 162 valence electrons. The van der Waals surface area contributed by atoms with E-state index in [1.807, 2.05) is 35.7 Å². The van der Waals surface area contributed by atoms with E-state index < -0.39 is 5.97 Å². The number of methoxy groups -OCH3 is 2. The average molecular weight is 448 g/mol. The van der Waals surface area contributed by atoms with Crippen molar-refractivity contribution in [3.63, 3.8) is 0 Å². The lowest BCUT2D eigenvalue weighted by molar-refractivity contribution is -0.133. The zero-order valence-electron chi connectivity index (χ0n) is 17.6. The lowest BCUT2D eigenvalue weighted by Gasteiger charge is -2.11. The molecule has 32 heavy (non-hydrogen) atoms. The second-order valence-corrected chi connectivity index (χ2v) is 7.59. The van der Waals surface area contributed by atoms with Crippen LogP contribution in [0, 0.1) is 0 Å². The Balaban J connectivity index is 1.41. The standard InChI is InChI=1S/C24H21N3O4S/c1-29-18-10-9-16(22(14-18)30-2)12-23(28)31-19-7-5-6-17(13-19)26-24-27-21(15-32-24)20-8-3-4-11-25-20/h3-11,13-15H,12H2,1-2H3,(H,26,27). The number of anilines is 2. The minimum atomic E-state index is -0.391. The lowest BCUT2D eigenvalue weighted by atomic mass is 10.1. The van der Waals surface area contributed by atoms with Gasteiger partial charge in [0.05, 0.1) is 26.3 Å². The number of carbonyl (C=O) groups is 1. The molecular formula is C24H21N3O4S. The number of hydrogen-bond acceptors (Lipinski definition) is 8. The highest BCUT2D eigenvalue weighted by Gasteiger charge is 2.13. The molecule has 0 aliphatic carbocycles. The van der Waals surface area contributed by atoms with E-state index >= 15 is 0 Å². The van der Waals surface area contributed by atoms with Crippen LogP contribution in [0.2, 0.25) is 0 Å². The summed E-state index contributed by atoms with van der Waals surface area (Å²) in [4.78, 5) is 21.4. The molecule has 0 radical (unpaired) electrons. The number of rotatable bonds is 8. The largest absolute Gasteiger partial charge is 0.497 e. The predicted molar refractivity (Wildman–Crippen MR) is 124 cm³/mol. The van der Waals surface area contributed by atoms with Crippen molar-refractivity contribution in [2.45, 2.75) is 6.42 Å². The summed E-state index contributed by atoms with van der Waals surface area (Å²) >= 11 is 1.47. The van der Waals surface area contributed by atoms with Crippen molar-refractivity contribution >= 4 is 28.1 Å². The molecule has 7 nitrogen and oxygen atoms in total. The summed E-state index contributed by atoms with van der Waals surface area (Å²) in [5.41, 5.74) is 3.10. The number of benzene rings is 2. The van der Waals surface area contributed by atoms with Crippen molar-refractivity contribution in [1.29, 1.82) is 0 Å². The third-order valence-corrected chi connectivity index (χ3v) is 5.34. The van der Waals surface area contributed by atoms with E-state index in [0.29, 0.717) is 17.2 Å². The maximum Gasteiger partial charge on any atom is 0.315 e. The molecule has 0 unspecified atom stereocenters. The molecule has 0 saturated heterocycles. The lowest BCUT2D eigenvalue weighted by Crippen LogP contribution is -2.12. The Kier molecular flexibility index (Phi) is 6.62. The van der Waals surface area contributed by atoms with Gasteiger partial charge in [0.2, 0.25) is 0 Å². The first-order valence-electron chi connectivity index (χ1n) is 9.80. The van der Waals surface area contributed by atoms with Crippen LogP contribution in [0.1, 0.15) is 5.56 Å². The molecule has 0 fully saturated rings. The van der Waals surface area contributed by atoms with Gasteiger partial charge in [-0.25, -0.2) is 4.98 Å². The molecular weight excluding hydrogens is 426 g/mol. The van der Waals surface area contributed by atoms with Gasteiger partial charge < -0.3 is 19.5 Å². The molecule has 4 aromatic rings. The fraction of sp³-hybridized carbons (Fsp3) is 0.125. The maximum absolute atomic E-state index is 12.5. The van der Waals surface area contributed by atoms with E-state index in [-0.39, 0.29) is 6.42 Å². The van der Waals surface area contributed by atoms with E-state index in [0.717, 1.165) is 27.8 Å². The highest BCUT2D eigenvalue weighted by Crippen LogP contribution is 2.28. The Hall–Kier alpha value is -3.91. The Morgan fingerprint density at radius 2 is 1.88 bits per heavy atom. The molecule has 2 aromatic carbocycles. The summed E-state index contributed by atoms with van der Waals surface area (Å²) in [6.45, 7) is 0. The number of thiazole rings is 1. The monoisotopic (exact) mass is 447 g/mol. The van der Waals surface area contributed by atoms with Gasteiger partial charge in [-0.1, -0.05) is 18.2 Å². The molecule has 0 atom stereocenters.